The molecule has 3 N–H and O–H groups in total. The van der Waals surface area contributed by atoms with E-state index >= 15 is 0 Å². The molecule has 1 aliphatic carbocycles. The predicted octanol–water partition coefficient (Wildman–Crippen LogP) is 4.21. The number of hydrogen-bond donors (Lipinski definition) is 3. The zero-order chi connectivity index (χ0) is 17.0. The summed E-state index contributed by atoms with van der Waals surface area (Å²) in [5.74, 6) is -0.0924. The van der Waals surface area contributed by atoms with Gasteiger partial charge in [0.2, 0.25) is 0 Å². The predicted molar refractivity (Wildman–Crippen MR) is 115 cm³/mol. The lowest BCUT2D eigenvalue weighted by molar-refractivity contribution is 0.0953. The number of carbonyl (C=O) groups excluding carboxylic acids is 1. The van der Waals surface area contributed by atoms with Crippen LogP contribution in [0.4, 0.5) is 0 Å². The zero-order valence-corrected chi connectivity index (χ0v) is 17.7. The van der Waals surface area contributed by atoms with Crippen LogP contribution in [0.5, 0.6) is 0 Å². The number of rotatable bonds is 10. The minimum absolute atomic E-state index is 0. The van der Waals surface area contributed by atoms with E-state index in [2.05, 4.69) is 16.0 Å². The van der Waals surface area contributed by atoms with Crippen molar-refractivity contribution in [3.8, 4) is 0 Å². The molecule has 1 aliphatic rings. The number of nitrogens with one attached hydrogen (secondary N) is 3. The zero-order valence-electron chi connectivity index (χ0n) is 15.3. The highest BCUT2D eigenvalue weighted by Gasteiger charge is 2.11. The lowest BCUT2D eigenvalue weighted by Crippen LogP contribution is -2.36. The maximum Gasteiger partial charge on any atom is 0.252 e. The fourth-order valence-electron chi connectivity index (χ4n) is 3.11. The molecule has 150 valence electrons. The van der Waals surface area contributed by atoms with Crippen LogP contribution in [0.25, 0.3) is 0 Å². The molecule has 0 atom stereocenters. The summed E-state index contributed by atoms with van der Waals surface area (Å²) in [6.45, 7) is 3.75. The first kappa shape index (κ1) is 25.5. The number of benzene rings is 1. The number of amides is 1. The van der Waals surface area contributed by atoms with Crippen LogP contribution in [0, 0.1) is 0 Å². The van der Waals surface area contributed by atoms with E-state index in [4.69, 9.17) is 11.6 Å². The van der Waals surface area contributed by atoms with E-state index in [1.807, 2.05) is 12.1 Å². The van der Waals surface area contributed by atoms with Gasteiger partial charge in [-0.1, -0.05) is 43.0 Å². The molecule has 1 amide bonds. The van der Waals surface area contributed by atoms with Crippen LogP contribution in [-0.2, 0) is 0 Å². The van der Waals surface area contributed by atoms with Crippen molar-refractivity contribution in [1.82, 2.24) is 16.0 Å². The van der Waals surface area contributed by atoms with Gasteiger partial charge in [0.1, 0.15) is 0 Å². The topological polar surface area (TPSA) is 53.2 Å². The first-order valence-electron chi connectivity index (χ1n) is 9.24. The lowest BCUT2D eigenvalue weighted by atomic mass is 9.95. The minimum atomic E-state index is -0.0924. The van der Waals surface area contributed by atoms with Crippen molar-refractivity contribution in [2.24, 2.45) is 0 Å². The minimum Gasteiger partial charge on any atom is -0.352 e. The summed E-state index contributed by atoms with van der Waals surface area (Å²) in [7, 11) is 0. The average Bonchev–Trinajstić information content (AvgIpc) is 2.61. The number of unbranched alkanes of at least 4 members (excludes halogenated alkanes) is 1. The van der Waals surface area contributed by atoms with E-state index in [-0.39, 0.29) is 30.7 Å². The standard InChI is InChI=1S/C19H30ClN3O.2ClH/c20-18-11-5-4-10-17(18)19(24)23-13-7-6-12-21-14-15-22-16-8-2-1-3-9-16;;/h4-5,10-11,16,21-22H,1-3,6-9,12-15H2,(H,23,24);2*1H. The summed E-state index contributed by atoms with van der Waals surface area (Å²) in [5.41, 5.74) is 0.547. The summed E-state index contributed by atoms with van der Waals surface area (Å²) in [6, 6.07) is 7.88. The normalized spacial score (nSPS) is 14.2. The molecule has 0 unspecified atom stereocenters. The molecule has 1 aromatic rings. The van der Waals surface area contributed by atoms with Crippen LogP contribution in [0.3, 0.4) is 0 Å². The summed E-state index contributed by atoms with van der Waals surface area (Å²) < 4.78 is 0. The molecule has 4 nitrogen and oxygen atoms in total. The molecular weight excluding hydrogens is 393 g/mol. The summed E-state index contributed by atoms with van der Waals surface area (Å²) in [5, 5.41) is 10.5. The Bertz CT molecular complexity index is 497. The molecule has 0 bridgehead atoms. The van der Waals surface area contributed by atoms with Crippen molar-refractivity contribution >= 4 is 42.3 Å². The van der Waals surface area contributed by atoms with E-state index in [1.54, 1.807) is 12.1 Å². The number of carbonyl (C=O) groups is 1. The highest BCUT2D eigenvalue weighted by Crippen LogP contribution is 2.17. The molecule has 0 spiro atoms. The molecule has 0 radical (unpaired) electrons. The van der Waals surface area contributed by atoms with Crippen molar-refractivity contribution in [3.05, 3.63) is 34.9 Å². The van der Waals surface area contributed by atoms with Crippen LogP contribution in [0.1, 0.15) is 55.3 Å². The Morgan fingerprint density at radius 3 is 2.38 bits per heavy atom. The van der Waals surface area contributed by atoms with Crippen LogP contribution in [-0.4, -0.2) is 38.1 Å². The Hall–Kier alpha value is -0.520. The smallest absolute Gasteiger partial charge is 0.252 e. The second-order valence-corrected chi connectivity index (χ2v) is 6.89. The second kappa shape index (κ2) is 15.5. The monoisotopic (exact) mass is 423 g/mol. The maximum atomic E-state index is 12.0. The van der Waals surface area contributed by atoms with Crippen LogP contribution >= 0.6 is 36.4 Å². The molecule has 0 heterocycles. The van der Waals surface area contributed by atoms with E-state index in [9.17, 15) is 4.79 Å². The van der Waals surface area contributed by atoms with E-state index in [1.165, 1.54) is 32.1 Å². The quantitative estimate of drug-likeness (QED) is 0.493. The average molecular weight is 425 g/mol. The molecular formula is C19H32Cl3N3O. The first-order chi connectivity index (χ1) is 11.8. The third-order valence-electron chi connectivity index (χ3n) is 4.52. The number of hydrogen-bond acceptors (Lipinski definition) is 3. The van der Waals surface area contributed by atoms with Crippen molar-refractivity contribution in [3.63, 3.8) is 0 Å². The van der Waals surface area contributed by atoms with Gasteiger partial charge in [0.05, 0.1) is 10.6 Å². The first-order valence-corrected chi connectivity index (χ1v) is 9.62. The van der Waals surface area contributed by atoms with Gasteiger partial charge in [-0.05, 0) is 44.4 Å². The third-order valence-corrected chi connectivity index (χ3v) is 4.85. The summed E-state index contributed by atoms with van der Waals surface area (Å²) in [6.07, 6.45) is 8.88. The Morgan fingerprint density at radius 1 is 0.962 bits per heavy atom. The molecule has 2 rings (SSSR count). The van der Waals surface area contributed by atoms with Crippen LogP contribution in [0.15, 0.2) is 24.3 Å². The summed E-state index contributed by atoms with van der Waals surface area (Å²) in [4.78, 5) is 12.0. The van der Waals surface area contributed by atoms with Gasteiger partial charge >= 0.3 is 0 Å². The van der Waals surface area contributed by atoms with Crippen molar-refractivity contribution < 1.29 is 4.79 Å². The molecule has 7 heteroatoms. The van der Waals surface area contributed by atoms with Gasteiger partial charge in [-0.3, -0.25) is 4.79 Å². The largest absolute Gasteiger partial charge is 0.352 e. The van der Waals surface area contributed by atoms with Gasteiger partial charge in [-0.15, -0.1) is 24.8 Å². The molecule has 0 aromatic heterocycles. The highest BCUT2D eigenvalue weighted by atomic mass is 35.5. The van der Waals surface area contributed by atoms with Gasteiger partial charge in [0.25, 0.3) is 5.91 Å². The van der Waals surface area contributed by atoms with E-state index < -0.39 is 0 Å². The molecule has 1 aromatic carbocycles. The van der Waals surface area contributed by atoms with Gasteiger partial charge < -0.3 is 16.0 Å². The molecule has 1 saturated carbocycles. The second-order valence-electron chi connectivity index (χ2n) is 6.48. The molecule has 0 aliphatic heterocycles. The van der Waals surface area contributed by atoms with Crippen molar-refractivity contribution in [2.45, 2.75) is 51.0 Å². The van der Waals surface area contributed by atoms with Crippen LogP contribution < -0.4 is 16.0 Å². The third kappa shape index (κ3) is 9.98. The van der Waals surface area contributed by atoms with E-state index in [0.29, 0.717) is 17.1 Å². The van der Waals surface area contributed by atoms with Gasteiger partial charge in [-0.25, -0.2) is 0 Å². The maximum absolute atomic E-state index is 12.0. The molecule has 26 heavy (non-hydrogen) atoms. The number of halogens is 3. The molecule has 0 saturated heterocycles. The summed E-state index contributed by atoms with van der Waals surface area (Å²) >= 11 is 6.01. The SMILES string of the molecule is Cl.Cl.O=C(NCCCCNCCNC1CCCCC1)c1ccccc1Cl. The van der Waals surface area contributed by atoms with Gasteiger partial charge in [0, 0.05) is 25.7 Å². The van der Waals surface area contributed by atoms with Crippen molar-refractivity contribution in [2.75, 3.05) is 26.2 Å². The Kier molecular flexibility index (Phi) is 15.2. The fourth-order valence-corrected chi connectivity index (χ4v) is 3.34. The van der Waals surface area contributed by atoms with Gasteiger partial charge in [-0.2, -0.15) is 0 Å². The van der Waals surface area contributed by atoms with E-state index in [0.717, 1.165) is 38.5 Å². The Balaban J connectivity index is 0.00000312. The fraction of sp³-hybridized carbons (Fsp3) is 0.632. The molecule has 1 fully saturated rings. The van der Waals surface area contributed by atoms with Crippen LogP contribution in [0.2, 0.25) is 5.02 Å². The highest BCUT2D eigenvalue weighted by molar-refractivity contribution is 6.33. The Morgan fingerprint density at radius 2 is 1.65 bits per heavy atom. The lowest BCUT2D eigenvalue weighted by Gasteiger charge is -2.22. The Labute approximate surface area is 175 Å². The van der Waals surface area contributed by atoms with Gasteiger partial charge in [0.15, 0.2) is 0 Å². The van der Waals surface area contributed by atoms with Crippen molar-refractivity contribution in [1.29, 1.82) is 0 Å².